The molecule has 0 radical (unpaired) electrons. The topological polar surface area (TPSA) is 89.0 Å². The Morgan fingerprint density at radius 1 is 0.970 bits per heavy atom. The summed E-state index contributed by atoms with van der Waals surface area (Å²) in [6.45, 7) is 4.36. The van der Waals surface area contributed by atoms with Gasteiger partial charge in [-0.25, -0.2) is 0 Å². The molecule has 2 saturated carbocycles. The molecule has 2 spiro atoms. The molecular formula is C24H29N5O4. The zero-order valence-electron chi connectivity index (χ0n) is 18.9. The van der Waals surface area contributed by atoms with E-state index in [0.29, 0.717) is 30.5 Å². The molecule has 0 bridgehead atoms. The van der Waals surface area contributed by atoms with Gasteiger partial charge in [0.15, 0.2) is 0 Å². The van der Waals surface area contributed by atoms with Crippen LogP contribution >= 0.6 is 0 Å². The van der Waals surface area contributed by atoms with Crippen LogP contribution < -0.4 is 19.9 Å². The number of ether oxygens (including phenoxy) is 3. The summed E-state index contributed by atoms with van der Waals surface area (Å²) in [5.74, 6) is 2.39. The fraction of sp³-hybridized carbons (Fsp3) is 0.542. The van der Waals surface area contributed by atoms with Crippen LogP contribution in [0, 0.1) is 0 Å². The number of carbonyl (C=O) groups is 1. The number of morpholine rings is 2. The highest BCUT2D eigenvalue weighted by atomic mass is 16.5. The zero-order valence-corrected chi connectivity index (χ0v) is 18.9. The Morgan fingerprint density at radius 2 is 1.58 bits per heavy atom. The highest BCUT2D eigenvalue weighted by Crippen LogP contribution is 2.48. The predicted molar refractivity (Wildman–Crippen MR) is 123 cm³/mol. The molecule has 9 heteroatoms. The minimum absolute atomic E-state index is 0.0280. The molecule has 174 valence electrons. The van der Waals surface area contributed by atoms with E-state index in [4.69, 9.17) is 24.2 Å². The first kappa shape index (κ1) is 20.7. The summed E-state index contributed by atoms with van der Waals surface area (Å²) in [7, 11) is 1.59. The van der Waals surface area contributed by atoms with E-state index in [1.54, 1.807) is 25.3 Å². The first-order valence-electron chi connectivity index (χ1n) is 11.7. The van der Waals surface area contributed by atoms with Gasteiger partial charge in [-0.1, -0.05) is 6.07 Å². The van der Waals surface area contributed by atoms with E-state index in [2.05, 4.69) is 21.2 Å². The Balaban J connectivity index is 1.35. The first-order valence-corrected chi connectivity index (χ1v) is 11.7. The van der Waals surface area contributed by atoms with Crippen molar-refractivity contribution in [3.63, 3.8) is 0 Å². The van der Waals surface area contributed by atoms with Gasteiger partial charge in [0.25, 0.3) is 5.91 Å². The second-order valence-corrected chi connectivity index (χ2v) is 9.45. The van der Waals surface area contributed by atoms with Gasteiger partial charge in [-0.2, -0.15) is 9.97 Å². The predicted octanol–water partition coefficient (Wildman–Crippen LogP) is 2.48. The van der Waals surface area contributed by atoms with Crippen molar-refractivity contribution in [1.29, 1.82) is 0 Å². The van der Waals surface area contributed by atoms with Gasteiger partial charge >= 0.3 is 0 Å². The molecule has 2 aliphatic heterocycles. The lowest BCUT2D eigenvalue weighted by molar-refractivity contribution is 0.0852. The lowest BCUT2D eigenvalue weighted by Crippen LogP contribution is -2.49. The maximum atomic E-state index is 13.0. The molecule has 2 saturated heterocycles. The number of hydrogen-bond acceptors (Lipinski definition) is 8. The summed E-state index contributed by atoms with van der Waals surface area (Å²) in [5, 5.41) is 2.93. The third-order valence-electron chi connectivity index (χ3n) is 7.27. The molecule has 3 heterocycles. The van der Waals surface area contributed by atoms with E-state index in [-0.39, 0.29) is 17.0 Å². The number of hydrogen-bond donors (Lipinski definition) is 1. The van der Waals surface area contributed by atoms with Gasteiger partial charge in [0.2, 0.25) is 5.95 Å². The molecule has 2 aromatic rings. The maximum absolute atomic E-state index is 13.0. The summed E-state index contributed by atoms with van der Waals surface area (Å²) in [6, 6.07) is 9.16. The number of anilines is 3. The van der Waals surface area contributed by atoms with E-state index in [0.717, 1.165) is 63.6 Å². The van der Waals surface area contributed by atoms with E-state index in [9.17, 15) is 4.79 Å². The van der Waals surface area contributed by atoms with Crippen molar-refractivity contribution in [2.75, 3.05) is 61.7 Å². The van der Waals surface area contributed by atoms with E-state index in [1.807, 2.05) is 6.07 Å². The summed E-state index contributed by atoms with van der Waals surface area (Å²) in [5.41, 5.74) is 0.556. The lowest BCUT2D eigenvalue weighted by atomic mass is 10.2. The molecule has 4 aliphatic rings. The fourth-order valence-electron chi connectivity index (χ4n) is 4.99. The highest BCUT2D eigenvalue weighted by Gasteiger charge is 2.52. The van der Waals surface area contributed by atoms with Crippen LogP contribution in [0.3, 0.4) is 0 Å². The van der Waals surface area contributed by atoms with Crippen LogP contribution in [-0.4, -0.2) is 73.6 Å². The molecule has 9 nitrogen and oxygen atoms in total. The molecule has 1 N–H and O–H groups in total. The Morgan fingerprint density at radius 3 is 2.12 bits per heavy atom. The Bertz CT molecular complexity index is 1020. The van der Waals surface area contributed by atoms with Gasteiger partial charge in [0.05, 0.1) is 44.6 Å². The lowest BCUT2D eigenvalue weighted by Gasteiger charge is -2.39. The number of nitrogens with zero attached hydrogens (tertiary/aromatic N) is 4. The summed E-state index contributed by atoms with van der Waals surface area (Å²) < 4.78 is 16.8. The van der Waals surface area contributed by atoms with Gasteiger partial charge < -0.3 is 24.0 Å². The Kier molecular flexibility index (Phi) is 4.92. The molecule has 1 amide bonds. The molecule has 0 unspecified atom stereocenters. The molecule has 33 heavy (non-hydrogen) atoms. The van der Waals surface area contributed by atoms with Crippen LogP contribution in [0.25, 0.3) is 0 Å². The number of methoxy groups -OCH3 is 1. The summed E-state index contributed by atoms with van der Waals surface area (Å²) in [4.78, 5) is 27.3. The van der Waals surface area contributed by atoms with E-state index in [1.165, 1.54) is 0 Å². The van der Waals surface area contributed by atoms with Crippen molar-refractivity contribution in [3.05, 3.63) is 35.9 Å². The monoisotopic (exact) mass is 451 g/mol. The molecular weight excluding hydrogens is 422 g/mol. The SMILES string of the molecule is COc1cccc(C(=O)Nc2nc(N3CCOCC34CC4)cc(N3CCOCC34CC4)n2)c1. The van der Waals surface area contributed by atoms with Crippen LogP contribution in [-0.2, 0) is 9.47 Å². The summed E-state index contributed by atoms with van der Waals surface area (Å²) >= 11 is 0. The van der Waals surface area contributed by atoms with Crippen LogP contribution in [0.4, 0.5) is 17.6 Å². The van der Waals surface area contributed by atoms with E-state index < -0.39 is 0 Å². The Hall–Kier alpha value is -2.91. The normalized spacial score (nSPS) is 22.3. The van der Waals surface area contributed by atoms with Crippen LogP contribution in [0.1, 0.15) is 36.0 Å². The first-order chi connectivity index (χ1) is 16.1. The Labute approximate surface area is 193 Å². The van der Waals surface area contributed by atoms with Gasteiger partial charge in [0, 0.05) is 24.7 Å². The van der Waals surface area contributed by atoms with Gasteiger partial charge in [-0.3, -0.25) is 10.1 Å². The average Bonchev–Trinajstić information content (AvgIpc) is 3.78. The number of aromatic nitrogens is 2. The molecule has 1 aromatic heterocycles. The number of carbonyl (C=O) groups excluding carboxylic acids is 1. The molecule has 0 atom stereocenters. The summed E-state index contributed by atoms with van der Waals surface area (Å²) in [6.07, 6.45) is 4.39. The minimum Gasteiger partial charge on any atom is -0.497 e. The standard InChI is InChI=1S/C24H29N5O4/c1-31-18-4-2-3-17(13-18)21(30)27-22-25-19(28-9-11-32-15-23(28)5-6-23)14-20(26-22)29-10-12-33-16-24(29)7-8-24/h2-4,13-14H,5-12,15-16H2,1H3,(H,25,26,27,30). The molecule has 4 fully saturated rings. The average molecular weight is 452 g/mol. The quantitative estimate of drug-likeness (QED) is 0.742. The molecule has 1 aromatic carbocycles. The second kappa shape index (κ2) is 7.85. The van der Waals surface area contributed by atoms with E-state index >= 15 is 0 Å². The van der Waals surface area contributed by atoms with Crippen molar-refractivity contribution in [3.8, 4) is 5.75 Å². The van der Waals surface area contributed by atoms with Gasteiger partial charge in [-0.15, -0.1) is 0 Å². The maximum Gasteiger partial charge on any atom is 0.258 e. The van der Waals surface area contributed by atoms with Gasteiger partial charge in [-0.05, 0) is 43.9 Å². The second-order valence-electron chi connectivity index (χ2n) is 9.45. The van der Waals surface area contributed by atoms with Crippen molar-refractivity contribution in [1.82, 2.24) is 9.97 Å². The third-order valence-corrected chi connectivity index (χ3v) is 7.27. The smallest absolute Gasteiger partial charge is 0.258 e. The fourth-order valence-corrected chi connectivity index (χ4v) is 4.99. The number of nitrogens with one attached hydrogen (secondary N) is 1. The van der Waals surface area contributed by atoms with Crippen molar-refractivity contribution < 1.29 is 19.0 Å². The number of rotatable bonds is 5. The van der Waals surface area contributed by atoms with Crippen LogP contribution in [0.2, 0.25) is 0 Å². The number of amides is 1. The van der Waals surface area contributed by atoms with Crippen molar-refractivity contribution in [2.24, 2.45) is 0 Å². The zero-order chi connectivity index (χ0) is 22.5. The van der Waals surface area contributed by atoms with Crippen molar-refractivity contribution >= 4 is 23.5 Å². The largest absolute Gasteiger partial charge is 0.497 e. The minimum atomic E-state index is -0.261. The molecule has 2 aliphatic carbocycles. The van der Waals surface area contributed by atoms with Crippen LogP contribution in [0.15, 0.2) is 30.3 Å². The molecule has 6 rings (SSSR count). The third kappa shape index (κ3) is 3.79. The number of benzene rings is 1. The van der Waals surface area contributed by atoms with Crippen molar-refractivity contribution in [2.45, 2.75) is 36.8 Å². The van der Waals surface area contributed by atoms with Crippen LogP contribution in [0.5, 0.6) is 5.75 Å². The highest BCUT2D eigenvalue weighted by molar-refractivity contribution is 6.03. The van der Waals surface area contributed by atoms with Gasteiger partial charge in [0.1, 0.15) is 17.4 Å².